The Morgan fingerprint density at radius 1 is 1.35 bits per heavy atom. The Morgan fingerprint density at radius 3 is 2.75 bits per heavy atom. The molecule has 2 aromatic rings. The van der Waals surface area contributed by atoms with E-state index in [4.69, 9.17) is 22.1 Å². The Labute approximate surface area is 132 Å². The van der Waals surface area contributed by atoms with Gasteiger partial charge in [-0.1, -0.05) is 24.6 Å². The lowest BCUT2D eigenvalue weighted by Crippen LogP contribution is -2.21. The molecule has 0 radical (unpaired) electrons. The summed E-state index contributed by atoms with van der Waals surface area (Å²) in [7, 11) is 0. The normalized spacial score (nSPS) is 12.2. The van der Waals surface area contributed by atoms with Crippen molar-refractivity contribution in [3.05, 3.63) is 51.6 Å². The molecule has 0 saturated carbocycles. The third kappa shape index (κ3) is 4.20. The van der Waals surface area contributed by atoms with Crippen LogP contribution in [0.3, 0.4) is 0 Å². The molecular weight excluding hydrogens is 340 g/mol. The van der Waals surface area contributed by atoms with Crippen molar-refractivity contribution in [2.75, 3.05) is 0 Å². The van der Waals surface area contributed by atoms with Gasteiger partial charge < -0.3 is 10.5 Å². The number of ether oxygens (including phenoxy) is 1. The summed E-state index contributed by atoms with van der Waals surface area (Å²) in [6, 6.07) is 9.37. The minimum atomic E-state index is 0.175. The first-order valence-corrected chi connectivity index (χ1v) is 7.59. The Morgan fingerprint density at radius 2 is 2.15 bits per heavy atom. The van der Waals surface area contributed by atoms with Gasteiger partial charge in [0.05, 0.1) is 4.47 Å². The minimum Gasteiger partial charge on any atom is -0.438 e. The van der Waals surface area contributed by atoms with Crippen molar-refractivity contribution in [3.63, 3.8) is 0 Å². The van der Waals surface area contributed by atoms with Crippen molar-refractivity contribution in [2.45, 2.75) is 25.8 Å². The molecule has 0 fully saturated rings. The van der Waals surface area contributed by atoms with Gasteiger partial charge in [0.25, 0.3) is 0 Å². The zero-order valence-electron chi connectivity index (χ0n) is 11.1. The van der Waals surface area contributed by atoms with Gasteiger partial charge in [0.15, 0.2) is 0 Å². The van der Waals surface area contributed by atoms with Crippen molar-refractivity contribution < 1.29 is 4.74 Å². The SMILES string of the molecule is CCC(N)Cc1ccc(Oc2ccc(Cl)cc2Br)nc1. The fourth-order valence-electron chi connectivity index (χ4n) is 1.71. The minimum absolute atomic E-state index is 0.175. The van der Waals surface area contributed by atoms with E-state index in [1.54, 1.807) is 24.4 Å². The predicted molar refractivity (Wildman–Crippen MR) is 85.4 cm³/mol. The molecule has 1 atom stereocenters. The second-order valence-corrected chi connectivity index (χ2v) is 5.84. The topological polar surface area (TPSA) is 48.1 Å². The lowest BCUT2D eigenvalue weighted by atomic mass is 10.1. The highest BCUT2D eigenvalue weighted by molar-refractivity contribution is 9.10. The van der Waals surface area contributed by atoms with Crippen LogP contribution in [-0.4, -0.2) is 11.0 Å². The highest BCUT2D eigenvalue weighted by Gasteiger charge is 2.06. The van der Waals surface area contributed by atoms with Crippen LogP contribution in [0.2, 0.25) is 5.02 Å². The van der Waals surface area contributed by atoms with E-state index in [0.29, 0.717) is 16.7 Å². The molecule has 1 aromatic heterocycles. The van der Waals surface area contributed by atoms with Crippen LogP contribution in [0.25, 0.3) is 0 Å². The van der Waals surface area contributed by atoms with E-state index >= 15 is 0 Å². The highest BCUT2D eigenvalue weighted by Crippen LogP contribution is 2.31. The van der Waals surface area contributed by atoms with E-state index < -0.39 is 0 Å². The van der Waals surface area contributed by atoms with E-state index in [2.05, 4.69) is 27.8 Å². The number of nitrogens with two attached hydrogens (primary N) is 1. The maximum absolute atomic E-state index is 5.92. The number of rotatable bonds is 5. The molecule has 0 bridgehead atoms. The largest absolute Gasteiger partial charge is 0.438 e. The van der Waals surface area contributed by atoms with Gasteiger partial charge in [0, 0.05) is 23.3 Å². The van der Waals surface area contributed by atoms with E-state index in [0.717, 1.165) is 22.9 Å². The first-order chi connectivity index (χ1) is 9.58. The smallest absolute Gasteiger partial charge is 0.219 e. The summed E-state index contributed by atoms with van der Waals surface area (Å²) in [6.45, 7) is 2.08. The fourth-order valence-corrected chi connectivity index (χ4v) is 2.47. The van der Waals surface area contributed by atoms with Gasteiger partial charge >= 0.3 is 0 Å². The highest BCUT2D eigenvalue weighted by atomic mass is 79.9. The predicted octanol–water partition coefficient (Wildman–Crippen LogP) is 4.57. The van der Waals surface area contributed by atoms with Gasteiger partial charge in [-0.25, -0.2) is 4.98 Å². The summed E-state index contributed by atoms with van der Waals surface area (Å²) in [4.78, 5) is 4.29. The van der Waals surface area contributed by atoms with Crippen LogP contribution >= 0.6 is 27.5 Å². The summed E-state index contributed by atoms with van der Waals surface area (Å²) in [6.07, 6.45) is 3.58. The molecule has 3 nitrogen and oxygen atoms in total. The van der Waals surface area contributed by atoms with Gasteiger partial charge in [-0.15, -0.1) is 0 Å². The molecule has 1 heterocycles. The number of benzene rings is 1. The lowest BCUT2D eigenvalue weighted by Gasteiger charge is -2.10. The summed E-state index contributed by atoms with van der Waals surface area (Å²) in [5, 5.41) is 0.654. The zero-order valence-corrected chi connectivity index (χ0v) is 13.5. The molecule has 1 aromatic carbocycles. The Hall–Kier alpha value is -1.10. The van der Waals surface area contributed by atoms with Gasteiger partial charge in [-0.2, -0.15) is 0 Å². The number of halogens is 2. The third-order valence-corrected chi connectivity index (χ3v) is 3.78. The molecule has 0 aliphatic heterocycles. The molecule has 5 heteroatoms. The van der Waals surface area contributed by atoms with Crippen LogP contribution in [0.1, 0.15) is 18.9 Å². The summed E-state index contributed by atoms with van der Waals surface area (Å²) < 4.78 is 6.50. The number of nitrogens with zero attached hydrogens (tertiary/aromatic N) is 1. The standard InChI is InChI=1S/C15H16BrClN2O/c1-2-12(18)7-10-3-6-15(19-9-10)20-14-5-4-11(17)8-13(14)16/h3-6,8-9,12H,2,7,18H2,1H3. The number of aromatic nitrogens is 1. The van der Waals surface area contributed by atoms with Crippen molar-refractivity contribution in [1.82, 2.24) is 4.98 Å². The average Bonchev–Trinajstić information content (AvgIpc) is 2.44. The Kier molecular flexibility index (Phi) is 5.40. The quantitative estimate of drug-likeness (QED) is 0.854. The molecule has 106 valence electrons. The summed E-state index contributed by atoms with van der Waals surface area (Å²) in [5.41, 5.74) is 7.04. The van der Waals surface area contributed by atoms with E-state index in [1.807, 2.05) is 12.1 Å². The van der Waals surface area contributed by atoms with Gasteiger partial charge in [0.1, 0.15) is 5.75 Å². The van der Waals surface area contributed by atoms with E-state index in [1.165, 1.54) is 0 Å². The Bertz CT molecular complexity index is 575. The van der Waals surface area contributed by atoms with Crippen LogP contribution in [0.15, 0.2) is 41.0 Å². The van der Waals surface area contributed by atoms with Crippen LogP contribution in [-0.2, 0) is 6.42 Å². The lowest BCUT2D eigenvalue weighted by molar-refractivity contribution is 0.459. The molecule has 0 aliphatic rings. The molecule has 0 spiro atoms. The number of hydrogen-bond acceptors (Lipinski definition) is 3. The summed E-state index contributed by atoms with van der Waals surface area (Å²) >= 11 is 9.30. The molecule has 2 N–H and O–H groups in total. The first-order valence-electron chi connectivity index (χ1n) is 6.42. The molecule has 20 heavy (non-hydrogen) atoms. The average molecular weight is 356 g/mol. The van der Waals surface area contributed by atoms with Gasteiger partial charge in [-0.3, -0.25) is 0 Å². The van der Waals surface area contributed by atoms with Gasteiger partial charge in [-0.05, 0) is 52.5 Å². The molecule has 2 rings (SSSR count). The number of pyridine rings is 1. The van der Waals surface area contributed by atoms with E-state index in [-0.39, 0.29) is 6.04 Å². The van der Waals surface area contributed by atoms with Crippen molar-refractivity contribution in [1.29, 1.82) is 0 Å². The second-order valence-electron chi connectivity index (χ2n) is 4.55. The molecule has 1 unspecified atom stereocenters. The van der Waals surface area contributed by atoms with Crippen molar-refractivity contribution in [3.8, 4) is 11.6 Å². The van der Waals surface area contributed by atoms with Crippen LogP contribution in [0, 0.1) is 0 Å². The van der Waals surface area contributed by atoms with Crippen LogP contribution < -0.4 is 10.5 Å². The zero-order chi connectivity index (χ0) is 14.5. The van der Waals surface area contributed by atoms with E-state index in [9.17, 15) is 0 Å². The molecule has 0 saturated heterocycles. The molecule has 0 amide bonds. The maximum Gasteiger partial charge on any atom is 0.219 e. The Balaban J connectivity index is 2.07. The monoisotopic (exact) mass is 354 g/mol. The fraction of sp³-hybridized carbons (Fsp3) is 0.267. The second kappa shape index (κ2) is 7.07. The van der Waals surface area contributed by atoms with Gasteiger partial charge in [0.2, 0.25) is 5.88 Å². The van der Waals surface area contributed by atoms with Crippen molar-refractivity contribution in [2.24, 2.45) is 5.73 Å². The van der Waals surface area contributed by atoms with Crippen LogP contribution in [0.5, 0.6) is 11.6 Å². The number of hydrogen-bond donors (Lipinski definition) is 1. The summed E-state index contributed by atoms with van der Waals surface area (Å²) in [5.74, 6) is 1.22. The van der Waals surface area contributed by atoms with Crippen molar-refractivity contribution >= 4 is 27.5 Å². The third-order valence-electron chi connectivity index (χ3n) is 2.93. The molecular formula is C15H16BrClN2O. The molecule has 0 aliphatic carbocycles. The first kappa shape index (κ1) is 15.3. The van der Waals surface area contributed by atoms with Crippen LogP contribution in [0.4, 0.5) is 0 Å². The maximum atomic E-state index is 5.92.